The summed E-state index contributed by atoms with van der Waals surface area (Å²) in [6.45, 7) is 5.14. The van der Waals surface area contributed by atoms with Crippen molar-refractivity contribution < 1.29 is 14.7 Å². The van der Waals surface area contributed by atoms with Crippen LogP contribution in [0.3, 0.4) is 0 Å². The van der Waals surface area contributed by atoms with Gasteiger partial charge in [-0.2, -0.15) is 0 Å². The lowest BCUT2D eigenvalue weighted by Gasteiger charge is -2.23. The molecule has 0 spiro atoms. The number of hydrogen-bond acceptors (Lipinski definition) is 4. The summed E-state index contributed by atoms with van der Waals surface area (Å²) in [5, 5.41) is 12.8. The van der Waals surface area contributed by atoms with Gasteiger partial charge in [-0.25, -0.2) is 0 Å². The molecule has 0 aliphatic carbocycles. The molecular weight excluding hydrogens is 258 g/mol. The summed E-state index contributed by atoms with van der Waals surface area (Å²) >= 11 is 0. The van der Waals surface area contributed by atoms with Crippen molar-refractivity contribution in [1.29, 1.82) is 0 Å². The summed E-state index contributed by atoms with van der Waals surface area (Å²) in [5.41, 5.74) is 0. The molecular formula is C14H25N3O3. The fourth-order valence-corrected chi connectivity index (χ4v) is 3.00. The van der Waals surface area contributed by atoms with Crippen LogP contribution in [0.15, 0.2) is 0 Å². The molecule has 2 amide bonds. The average Bonchev–Trinajstić information content (AvgIpc) is 2.82. The first kappa shape index (κ1) is 15.3. The molecule has 0 aromatic rings. The second-order valence-electron chi connectivity index (χ2n) is 5.82. The van der Waals surface area contributed by atoms with Crippen molar-refractivity contribution in [2.24, 2.45) is 0 Å². The molecule has 2 N–H and O–H groups in total. The van der Waals surface area contributed by atoms with Gasteiger partial charge in [0.05, 0.1) is 18.7 Å². The van der Waals surface area contributed by atoms with Crippen LogP contribution in [0.2, 0.25) is 0 Å². The molecule has 2 atom stereocenters. The van der Waals surface area contributed by atoms with Crippen LogP contribution in [0, 0.1) is 0 Å². The van der Waals surface area contributed by atoms with Crippen molar-refractivity contribution in [3.8, 4) is 0 Å². The van der Waals surface area contributed by atoms with E-state index in [0.717, 1.165) is 13.1 Å². The number of aliphatic hydroxyl groups is 1. The molecule has 2 fully saturated rings. The molecule has 2 rings (SSSR count). The van der Waals surface area contributed by atoms with E-state index in [9.17, 15) is 14.7 Å². The fourth-order valence-electron chi connectivity index (χ4n) is 3.00. The first-order valence-electron chi connectivity index (χ1n) is 7.51. The number of hydrogen-bond donors (Lipinski definition) is 2. The van der Waals surface area contributed by atoms with Crippen LogP contribution in [0.1, 0.15) is 32.6 Å². The van der Waals surface area contributed by atoms with Gasteiger partial charge in [-0.1, -0.05) is 0 Å². The predicted molar refractivity (Wildman–Crippen MR) is 75.1 cm³/mol. The van der Waals surface area contributed by atoms with Gasteiger partial charge in [-0.15, -0.1) is 0 Å². The fraction of sp³-hybridized carbons (Fsp3) is 0.857. The highest BCUT2D eigenvalue weighted by Gasteiger charge is 2.28. The molecule has 2 aliphatic rings. The van der Waals surface area contributed by atoms with Gasteiger partial charge in [-0.05, 0) is 38.8 Å². The minimum atomic E-state index is -0.566. The number of carbonyl (C=O) groups is 2. The molecule has 2 aliphatic heterocycles. The summed E-state index contributed by atoms with van der Waals surface area (Å²) in [6.07, 6.45) is 2.93. The molecule has 0 radical (unpaired) electrons. The van der Waals surface area contributed by atoms with Crippen LogP contribution in [0.5, 0.6) is 0 Å². The Morgan fingerprint density at radius 1 is 1.15 bits per heavy atom. The monoisotopic (exact) mass is 283 g/mol. The quantitative estimate of drug-likeness (QED) is 0.737. The van der Waals surface area contributed by atoms with Gasteiger partial charge in [0, 0.05) is 20.0 Å². The SMILES string of the molecule is CC(=O)N[C@H]1CCN(C(=O)CN2CCCC2)CC[C@@H]1O. The van der Waals surface area contributed by atoms with Crippen molar-refractivity contribution in [2.75, 3.05) is 32.7 Å². The van der Waals surface area contributed by atoms with Crippen molar-refractivity contribution >= 4 is 11.8 Å². The first-order valence-corrected chi connectivity index (χ1v) is 7.51. The normalized spacial score (nSPS) is 28.2. The van der Waals surface area contributed by atoms with Gasteiger partial charge in [0.2, 0.25) is 11.8 Å². The van der Waals surface area contributed by atoms with E-state index < -0.39 is 6.10 Å². The molecule has 0 aromatic carbocycles. The molecule has 20 heavy (non-hydrogen) atoms. The van der Waals surface area contributed by atoms with Crippen molar-refractivity contribution in [3.63, 3.8) is 0 Å². The van der Waals surface area contributed by atoms with Crippen molar-refractivity contribution in [3.05, 3.63) is 0 Å². The maximum atomic E-state index is 12.3. The van der Waals surface area contributed by atoms with Crippen LogP contribution in [-0.2, 0) is 9.59 Å². The summed E-state index contributed by atoms with van der Waals surface area (Å²) in [5.74, 6) is 0.00784. The highest BCUT2D eigenvalue weighted by atomic mass is 16.3. The van der Waals surface area contributed by atoms with E-state index in [4.69, 9.17) is 0 Å². The van der Waals surface area contributed by atoms with Crippen LogP contribution in [0.25, 0.3) is 0 Å². The third-order valence-corrected chi connectivity index (χ3v) is 4.17. The Morgan fingerprint density at radius 2 is 1.80 bits per heavy atom. The molecule has 0 aromatic heterocycles. The summed E-state index contributed by atoms with van der Waals surface area (Å²) in [7, 11) is 0. The summed E-state index contributed by atoms with van der Waals surface area (Å²) in [4.78, 5) is 27.4. The zero-order chi connectivity index (χ0) is 14.5. The third-order valence-electron chi connectivity index (χ3n) is 4.17. The highest BCUT2D eigenvalue weighted by Crippen LogP contribution is 2.14. The molecule has 6 nitrogen and oxygen atoms in total. The Hall–Kier alpha value is -1.14. The Kier molecular flexibility index (Phi) is 5.37. The number of aliphatic hydroxyl groups excluding tert-OH is 1. The second kappa shape index (κ2) is 7.04. The Morgan fingerprint density at radius 3 is 2.45 bits per heavy atom. The van der Waals surface area contributed by atoms with Gasteiger partial charge in [-0.3, -0.25) is 14.5 Å². The minimum Gasteiger partial charge on any atom is -0.391 e. The van der Waals surface area contributed by atoms with Crippen LogP contribution in [0.4, 0.5) is 0 Å². The van der Waals surface area contributed by atoms with Gasteiger partial charge in [0.25, 0.3) is 0 Å². The Labute approximate surface area is 120 Å². The van der Waals surface area contributed by atoms with Crippen molar-refractivity contribution in [2.45, 2.75) is 44.8 Å². The Balaban J connectivity index is 1.84. The van der Waals surface area contributed by atoms with Gasteiger partial charge in [0.15, 0.2) is 0 Å². The predicted octanol–water partition coefficient (Wildman–Crippen LogP) is -0.430. The van der Waals surface area contributed by atoms with Gasteiger partial charge in [0.1, 0.15) is 0 Å². The molecule has 0 unspecified atom stereocenters. The average molecular weight is 283 g/mol. The molecule has 114 valence electrons. The minimum absolute atomic E-state index is 0.133. The number of likely N-dealkylation sites (tertiary alicyclic amines) is 2. The number of rotatable bonds is 3. The number of carbonyl (C=O) groups excluding carboxylic acids is 2. The van der Waals surface area contributed by atoms with Crippen molar-refractivity contribution in [1.82, 2.24) is 15.1 Å². The molecule has 0 saturated carbocycles. The topological polar surface area (TPSA) is 72.9 Å². The van der Waals surface area contributed by atoms with E-state index in [2.05, 4.69) is 10.2 Å². The zero-order valence-corrected chi connectivity index (χ0v) is 12.2. The maximum Gasteiger partial charge on any atom is 0.236 e. The second-order valence-corrected chi connectivity index (χ2v) is 5.82. The van der Waals surface area contributed by atoms with E-state index in [-0.39, 0.29) is 17.9 Å². The van der Waals surface area contributed by atoms with E-state index in [0.29, 0.717) is 32.5 Å². The molecule has 2 saturated heterocycles. The molecule has 0 bridgehead atoms. The number of nitrogens with zero attached hydrogens (tertiary/aromatic N) is 2. The van der Waals surface area contributed by atoms with Crippen LogP contribution < -0.4 is 5.32 Å². The molecule has 2 heterocycles. The van der Waals surface area contributed by atoms with E-state index in [1.54, 1.807) is 0 Å². The summed E-state index contributed by atoms with van der Waals surface area (Å²) in [6, 6.07) is -0.239. The van der Waals surface area contributed by atoms with E-state index in [1.807, 2.05) is 4.90 Å². The zero-order valence-electron chi connectivity index (χ0n) is 12.2. The van der Waals surface area contributed by atoms with Gasteiger partial charge < -0.3 is 15.3 Å². The number of amides is 2. The number of nitrogens with one attached hydrogen (secondary N) is 1. The lowest BCUT2D eigenvalue weighted by molar-refractivity contribution is -0.132. The lowest BCUT2D eigenvalue weighted by Crippen LogP contribution is -2.42. The van der Waals surface area contributed by atoms with E-state index in [1.165, 1.54) is 19.8 Å². The van der Waals surface area contributed by atoms with E-state index >= 15 is 0 Å². The van der Waals surface area contributed by atoms with Crippen LogP contribution in [-0.4, -0.2) is 71.6 Å². The van der Waals surface area contributed by atoms with Crippen LogP contribution >= 0.6 is 0 Å². The van der Waals surface area contributed by atoms with Gasteiger partial charge >= 0.3 is 0 Å². The smallest absolute Gasteiger partial charge is 0.236 e. The Bertz CT molecular complexity index is 356. The highest BCUT2D eigenvalue weighted by molar-refractivity contribution is 5.78. The summed E-state index contributed by atoms with van der Waals surface area (Å²) < 4.78 is 0. The lowest BCUT2D eigenvalue weighted by atomic mass is 10.1. The maximum absolute atomic E-state index is 12.3. The largest absolute Gasteiger partial charge is 0.391 e. The standard InChI is InChI=1S/C14H25N3O3/c1-11(18)15-12-4-8-17(9-5-13(12)19)14(20)10-16-6-2-3-7-16/h12-13,19H,2-10H2,1H3,(H,15,18)/t12-,13-/m0/s1. The third kappa shape index (κ3) is 4.18. The first-order chi connectivity index (χ1) is 9.56. The molecule has 6 heteroatoms.